The lowest BCUT2D eigenvalue weighted by Gasteiger charge is -2.06. The fourth-order valence-corrected chi connectivity index (χ4v) is 0.593. The number of nitrogens with one attached hydrogen (secondary N) is 1. The molecule has 12 heavy (non-hydrogen) atoms. The maximum Gasteiger partial charge on any atom is 0.327 e. The van der Waals surface area contributed by atoms with E-state index >= 15 is 0 Å². The fraction of sp³-hybridized carbons (Fsp3) is 0.600. The highest BCUT2D eigenvalue weighted by atomic mass is 16.4. The zero-order valence-corrected chi connectivity index (χ0v) is 6.19. The largest absolute Gasteiger partial charge is 0.480 e. The zero-order chi connectivity index (χ0) is 9.56. The van der Waals surface area contributed by atoms with Gasteiger partial charge in [0.25, 0.3) is 0 Å². The van der Waals surface area contributed by atoms with Crippen LogP contribution in [0, 0.1) is 4.91 Å². The summed E-state index contributed by atoms with van der Waals surface area (Å²) in [5, 5.41) is 10.6. The van der Waals surface area contributed by atoms with Crippen LogP contribution in [0.5, 0.6) is 0 Å². The van der Waals surface area contributed by atoms with Gasteiger partial charge in [0.1, 0.15) is 6.04 Å². The van der Waals surface area contributed by atoms with Gasteiger partial charge in [-0.2, -0.15) is 0 Å². The Kier molecular flexibility index (Phi) is 4.35. The normalized spacial score (nSPS) is 11.7. The second-order valence-electron chi connectivity index (χ2n) is 2.12. The van der Waals surface area contributed by atoms with Crippen molar-refractivity contribution in [3.63, 3.8) is 0 Å². The average Bonchev–Trinajstić information content (AvgIpc) is 1.96. The highest BCUT2D eigenvalue weighted by Crippen LogP contribution is 1.96. The Hall–Kier alpha value is -1.66. The minimum Gasteiger partial charge on any atom is -0.480 e. The first-order valence-corrected chi connectivity index (χ1v) is 3.17. The molecule has 0 unspecified atom stereocenters. The van der Waals surface area contributed by atoms with Crippen LogP contribution >= 0.6 is 0 Å². The Morgan fingerprint density at radius 3 is 2.50 bits per heavy atom. The van der Waals surface area contributed by atoms with Crippen LogP contribution in [0.25, 0.3) is 0 Å². The Labute approximate surface area is 67.9 Å². The lowest BCUT2D eigenvalue weighted by Crippen LogP contribution is -2.33. The molecule has 0 rings (SSSR count). The van der Waals surface area contributed by atoms with Gasteiger partial charge in [-0.05, 0) is 6.42 Å². The summed E-state index contributed by atoms with van der Waals surface area (Å²) in [6, 6.07) is -1.14. The molecule has 0 aromatic rings. The van der Waals surface area contributed by atoms with Gasteiger partial charge in [0.05, 0.1) is 5.29 Å². The number of carbonyl (C=O) groups is 2. The highest BCUT2D eigenvalue weighted by molar-refractivity contribution is 5.77. The summed E-state index contributed by atoms with van der Waals surface area (Å²) in [6.07, 6.45) is -0.143. The van der Waals surface area contributed by atoms with Crippen molar-refractivity contribution in [2.45, 2.75) is 18.9 Å². The van der Waals surface area contributed by atoms with E-state index in [4.69, 9.17) is 10.8 Å². The van der Waals surface area contributed by atoms with Crippen molar-refractivity contribution in [2.75, 3.05) is 0 Å². The number of hydrogen-bond acceptors (Lipinski definition) is 4. The molecular weight excluding hydrogens is 166 g/mol. The Balaban J connectivity index is 3.86. The molecule has 0 aliphatic carbocycles. The summed E-state index contributed by atoms with van der Waals surface area (Å²) >= 11 is 0. The smallest absolute Gasteiger partial charge is 0.327 e. The van der Waals surface area contributed by atoms with Crippen LogP contribution in [-0.4, -0.2) is 23.0 Å². The van der Waals surface area contributed by atoms with Crippen LogP contribution in [0.1, 0.15) is 12.8 Å². The Morgan fingerprint density at radius 2 is 2.17 bits per heavy atom. The van der Waals surface area contributed by atoms with Crippen LogP contribution in [0.2, 0.25) is 0 Å². The highest BCUT2D eigenvalue weighted by Gasteiger charge is 2.17. The number of carbonyl (C=O) groups excluding carboxylic acids is 1. The van der Waals surface area contributed by atoms with Crippen molar-refractivity contribution in [3.05, 3.63) is 4.91 Å². The molecule has 0 heterocycles. The zero-order valence-electron chi connectivity index (χ0n) is 6.19. The standard InChI is InChI=1S/C5H9N3O4/c6-4(9)2-1-3(5(10)11)7-8-12/h3H,1-2H2,(H2,6,9)(H,7,12)(H,10,11)/t3-/m0/s1. The fourth-order valence-electron chi connectivity index (χ4n) is 0.593. The number of nitrogens with zero attached hydrogens (tertiary/aromatic N) is 1. The molecule has 4 N–H and O–H groups in total. The van der Waals surface area contributed by atoms with Gasteiger partial charge in [-0.3, -0.25) is 10.2 Å². The van der Waals surface area contributed by atoms with Crippen molar-refractivity contribution >= 4 is 11.9 Å². The van der Waals surface area contributed by atoms with Crippen LogP contribution in [-0.2, 0) is 9.59 Å². The molecule has 0 saturated carbocycles. The number of rotatable bonds is 6. The third-order valence-corrected chi connectivity index (χ3v) is 1.19. The van der Waals surface area contributed by atoms with Crippen LogP contribution in [0.15, 0.2) is 5.29 Å². The number of hydrogen-bond donors (Lipinski definition) is 3. The Bertz CT molecular complexity index is 193. The first-order chi connectivity index (χ1) is 5.57. The summed E-state index contributed by atoms with van der Waals surface area (Å²) in [4.78, 5) is 30.1. The van der Waals surface area contributed by atoms with Gasteiger partial charge < -0.3 is 10.8 Å². The molecule has 0 aliphatic rings. The number of carboxylic acid groups (broad SMARTS) is 1. The molecule has 0 aromatic heterocycles. The van der Waals surface area contributed by atoms with Crippen molar-refractivity contribution < 1.29 is 14.7 Å². The lowest BCUT2D eigenvalue weighted by atomic mass is 10.1. The van der Waals surface area contributed by atoms with E-state index in [0.717, 1.165) is 0 Å². The number of primary amides is 1. The molecule has 0 fully saturated rings. The molecule has 7 heteroatoms. The number of aliphatic carboxylic acids is 1. The number of nitroso groups, excluding NO2 is 1. The number of amides is 1. The summed E-state index contributed by atoms with van der Waals surface area (Å²) < 4.78 is 0. The van der Waals surface area contributed by atoms with E-state index in [0.29, 0.717) is 0 Å². The van der Waals surface area contributed by atoms with Gasteiger partial charge in [-0.25, -0.2) is 4.79 Å². The van der Waals surface area contributed by atoms with Gasteiger partial charge in [0.2, 0.25) is 5.91 Å². The van der Waals surface area contributed by atoms with E-state index in [1.165, 1.54) is 0 Å². The van der Waals surface area contributed by atoms with Crippen molar-refractivity contribution in [1.82, 2.24) is 5.43 Å². The molecule has 1 amide bonds. The SMILES string of the molecule is NC(=O)CC[C@H](NN=O)C(=O)O. The van der Waals surface area contributed by atoms with E-state index < -0.39 is 17.9 Å². The first-order valence-electron chi connectivity index (χ1n) is 3.17. The molecule has 0 bridgehead atoms. The van der Waals surface area contributed by atoms with E-state index in [1.807, 2.05) is 0 Å². The lowest BCUT2D eigenvalue weighted by molar-refractivity contribution is -0.139. The molecule has 0 spiro atoms. The third-order valence-electron chi connectivity index (χ3n) is 1.19. The molecule has 0 aliphatic heterocycles. The van der Waals surface area contributed by atoms with E-state index in [-0.39, 0.29) is 12.8 Å². The molecule has 0 saturated heterocycles. The Morgan fingerprint density at radius 1 is 1.58 bits per heavy atom. The van der Waals surface area contributed by atoms with Crippen LogP contribution in [0.3, 0.4) is 0 Å². The summed E-state index contributed by atoms with van der Waals surface area (Å²) in [5.74, 6) is -1.86. The average molecular weight is 175 g/mol. The molecule has 7 nitrogen and oxygen atoms in total. The van der Waals surface area contributed by atoms with Crippen molar-refractivity contribution in [2.24, 2.45) is 11.0 Å². The van der Waals surface area contributed by atoms with Crippen LogP contribution < -0.4 is 11.2 Å². The first kappa shape index (κ1) is 10.3. The number of carboxylic acids is 1. The molecule has 0 aromatic carbocycles. The molecular formula is C5H9N3O4. The molecule has 68 valence electrons. The van der Waals surface area contributed by atoms with Crippen LogP contribution in [0.4, 0.5) is 0 Å². The second kappa shape index (κ2) is 5.05. The van der Waals surface area contributed by atoms with Gasteiger partial charge in [0, 0.05) is 6.42 Å². The van der Waals surface area contributed by atoms with Gasteiger partial charge >= 0.3 is 5.97 Å². The van der Waals surface area contributed by atoms with E-state index in [1.54, 1.807) is 5.43 Å². The number of nitrogens with two attached hydrogens (primary N) is 1. The predicted octanol–water partition coefficient (Wildman–Crippen LogP) is -1.02. The maximum absolute atomic E-state index is 10.3. The summed E-state index contributed by atoms with van der Waals surface area (Å²) in [7, 11) is 0. The summed E-state index contributed by atoms with van der Waals surface area (Å²) in [6.45, 7) is 0. The van der Waals surface area contributed by atoms with E-state index in [9.17, 15) is 14.5 Å². The van der Waals surface area contributed by atoms with Gasteiger partial charge in [0.15, 0.2) is 0 Å². The van der Waals surface area contributed by atoms with Gasteiger partial charge in [-0.15, -0.1) is 4.91 Å². The topological polar surface area (TPSA) is 122 Å². The third kappa shape index (κ3) is 4.20. The molecule has 1 atom stereocenters. The molecule has 0 radical (unpaired) electrons. The minimum atomic E-state index is -1.24. The van der Waals surface area contributed by atoms with Crippen molar-refractivity contribution in [3.8, 4) is 0 Å². The second-order valence-corrected chi connectivity index (χ2v) is 2.12. The van der Waals surface area contributed by atoms with Gasteiger partial charge in [-0.1, -0.05) is 0 Å². The van der Waals surface area contributed by atoms with E-state index in [2.05, 4.69) is 5.29 Å². The maximum atomic E-state index is 10.3. The quantitative estimate of drug-likeness (QED) is 0.352. The minimum absolute atomic E-state index is 0.0452. The predicted molar refractivity (Wildman–Crippen MR) is 38.8 cm³/mol. The van der Waals surface area contributed by atoms with Crippen molar-refractivity contribution in [1.29, 1.82) is 0 Å². The monoisotopic (exact) mass is 175 g/mol. The summed E-state index contributed by atoms with van der Waals surface area (Å²) in [5.41, 5.74) is 6.57.